The number of sulfonamides is 1. The highest BCUT2D eigenvalue weighted by molar-refractivity contribution is 7.89. The van der Waals surface area contributed by atoms with Crippen molar-refractivity contribution in [2.24, 2.45) is 0 Å². The molecule has 5 heteroatoms. The first kappa shape index (κ1) is 13.1. The van der Waals surface area contributed by atoms with E-state index in [1.54, 1.807) is 28.7 Å². The van der Waals surface area contributed by atoms with Crippen LogP contribution < -0.4 is 0 Å². The molecule has 1 aromatic rings. The van der Waals surface area contributed by atoms with Gasteiger partial charge < -0.3 is 0 Å². The first-order valence-electron chi connectivity index (χ1n) is 7.04. The van der Waals surface area contributed by atoms with E-state index in [-0.39, 0.29) is 6.04 Å². The number of rotatable bonds is 4. The smallest absolute Gasteiger partial charge is 0.228 e. The largest absolute Gasteiger partial charge is 0.256 e. The summed E-state index contributed by atoms with van der Waals surface area (Å²) in [7, 11) is -3.38. The third-order valence-corrected chi connectivity index (χ3v) is 5.65. The molecule has 3 rings (SSSR count). The quantitative estimate of drug-likeness (QED) is 0.849. The van der Waals surface area contributed by atoms with Crippen LogP contribution in [0.25, 0.3) is 0 Å². The molecule has 0 atom stereocenters. The fraction of sp³-hybridized carbons (Fsp3) is 0.571. The van der Waals surface area contributed by atoms with Crippen molar-refractivity contribution in [1.29, 1.82) is 0 Å². The Morgan fingerprint density at radius 1 is 1.00 bits per heavy atom. The van der Waals surface area contributed by atoms with Crippen molar-refractivity contribution in [3.05, 3.63) is 30.3 Å². The Hall–Kier alpha value is -0.910. The zero-order valence-electron chi connectivity index (χ0n) is 11.0. The van der Waals surface area contributed by atoms with Crippen LogP contribution in [0.4, 0.5) is 0 Å². The zero-order valence-corrected chi connectivity index (χ0v) is 11.8. The Kier molecular flexibility index (Phi) is 3.60. The van der Waals surface area contributed by atoms with Gasteiger partial charge in [-0.05, 0) is 37.8 Å². The Morgan fingerprint density at radius 2 is 1.63 bits per heavy atom. The van der Waals surface area contributed by atoms with Crippen molar-refractivity contribution in [3.8, 4) is 0 Å². The van der Waals surface area contributed by atoms with Gasteiger partial charge in [-0.3, -0.25) is 0 Å². The van der Waals surface area contributed by atoms with Crippen molar-refractivity contribution < 1.29 is 8.42 Å². The number of piperidine rings is 1. The van der Waals surface area contributed by atoms with E-state index < -0.39 is 10.0 Å². The fourth-order valence-corrected chi connectivity index (χ4v) is 4.44. The molecule has 0 bridgehead atoms. The van der Waals surface area contributed by atoms with Crippen molar-refractivity contribution >= 4 is 10.0 Å². The first-order valence-corrected chi connectivity index (χ1v) is 8.48. The molecule has 0 amide bonds. The summed E-state index contributed by atoms with van der Waals surface area (Å²) in [5.74, 6) is 0. The summed E-state index contributed by atoms with van der Waals surface area (Å²) in [6.07, 6.45) is 5.37. The monoisotopic (exact) mass is 280 g/mol. The molecule has 1 saturated heterocycles. The van der Waals surface area contributed by atoms with E-state index in [0.29, 0.717) is 4.90 Å². The lowest BCUT2D eigenvalue weighted by atomic mass is 10.2. The van der Waals surface area contributed by atoms with Gasteiger partial charge in [0.05, 0.1) is 4.90 Å². The van der Waals surface area contributed by atoms with E-state index in [1.165, 1.54) is 6.42 Å². The number of hydrazine groups is 1. The fourth-order valence-electron chi connectivity index (χ4n) is 2.65. The molecule has 19 heavy (non-hydrogen) atoms. The third kappa shape index (κ3) is 2.68. The lowest BCUT2D eigenvalue weighted by molar-refractivity contribution is 0.0324. The van der Waals surface area contributed by atoms with Crippen molar-refractivity contribution in [2.75, 3.05) is 13.1 Å². The molecule has 1 aliphatic carbocycles. The van der Waals surface area contributed by atoms with Gasteiger partial charge >= 0.3 is 0 Å². The highest BCUT2D eigenvalue weighted by atomic mass is 32.2. The second-order valence-corrected chi connectivity index (χ2v) is 7.13. The summed E-state index contributed by atoms with van der Waals surface area (Å²) in [4.78, 5) is 0.410. The molecular weight excluding hydrogens is 260 g/mol. The van der Waals surface area contributed by atoms with Crippen LogP contribution in [0.1, 0.15) is 32.1 Å². The summed E-state index contributed by atoms with van der Waals surface area (Å²) in [6.45, 7) is 1.73. The van der Waals surface area contributed by atoms with E-state index in [0.717, 1.165) is 38.8 Å². The zero-order chi connectivity index (χ0) is 13.3. The molecule has 1 aliphatic heterocycles. The van der Waals surface area contributed by atoms with Crippen LogP contribution >= 0.6 is 0 Å². The molecular formula is C14H20N2O2S. The Morgan fingerprint density at radius 3 is 2.21 bits per heavy atom. The molecule has 0 spiro atoms. The molecule has 0 N–H and O–H groups in total. The number of benzene rings is 1. The standard InChI is InChI=1S/C14H20N2O2S/c17-19(18,14-7-3-1-4-8-14)16(13-9-10-13)15-11-5-2-6-12-15/h1,3-4,7-8,13H,2,5-6,9-12H2. The molecule has 1 saturated carbocycles. The molecule has 0 unspecified atom stereocenters. The van der Waals surface area contributed by atoms with Gasteiger partial charge in [0.15, 0.2) is 0 Å². The molecule has 2 fully saturated rings. The van der Waals surface area contributed by atoms with Gasteiger partial charge in [0, 0.05) is 19.1 Å². The number of hydrogen-bond donors (Lipinski definition) is 0. The Bertz CT molecular complexity index is 520. The minimum Gasteiger partial charge on any atom is -0.228 e. The van der Waals surface area contributed by atoms with Crippen molar-refractivity contribution in [2.45, 2.75) is 43.0 Å². The lowest BCUT2D eigenvalue weighted by Gasteiger charge is -2.36. The average Bonchev–Trinajstić information content (AvgIpc) is 3.25. The van der Waals surface area contributed by atoms with Crippen LogP contribution in [-0.4, -0.2) is 37.0 Å². The summed E-state index contributed by atoms with van der Waals surface area (Å²) in [5.41, 5.74) is 0. The highest BCUT2D eigenvalue weighted by Crippen LogP contribution is 2.34. The first-order chi connectivity index (χ1) is 9.19. The molecule has 4 nitrogen and oxygen atoms in total. The van der Waals surface area contributed by atoms with Crippen molar-refractivity contribution in [1.82, 2.24) is 9.42 Å². The highest BCUT2D eigenvalue weighted by Gasteiger charge is 2.42. The van der Waals surface area contributed by atoms with Crippen LogP contribution in [0.15, 0.2) is 35.2 Å². The maximum Gasteiger partial charge on any atom is 0.256 e. The van der Waals surface area contributed by atoms with E-state index in [4.69, 9.17) is 0 Å². The van der Waals surface area contributed by atoms with Crippen LogP contribution in [-0.2, 0) is 10.0 Å². The van der Waals surface area contributed by atoms with Crippen molar-refractivity contribution in [3.63, 3.8) is 0 Å². The molecule has 0 aromatic heterocycles. The van der Waals surface area contributed by atoms with Gasteiger partial charge in [0.2, 0.25) is 0 Å². The van der Waals surface area contributed by atoms with Crippen LogP contribution in [0.3, 0.4) is 0 Å². The molecule has 1 aromatic carbocycles. The predicted molar refractivity (Wildman–Crippen MR) is 73.9 cm³/mol. The van der Waals surface area contributed by atoms with Gasteiger partial charge in [-0.15, -0.1) is 4.41 Å². The molecule has 1 heterocycles. The number of nitrogens with zero attached hydrogens (tertiary/aromatic N) is 2. The normalized spacial score (nSPS) is 21.7. The summed E-state index contributed by atoms with van der Waals surface area (Å²) < 4.78 is 27.3. The summed E-state index contributed by atoms with van der Waals surface area (Å²) in [6, 6.07) is 8.98. The van der Waals surface area contributed by atoms with E-state index >= 15 is 0 Å². The van der Waals surface area contributed by atoms with Crippen LogP contribution in [0, 0.1) is 0 Å². The number of hydrogen-bond acceptors (Lipinski definition) is 3. The lowest BCUT2D eigenvalue weighted by Crippen LogP contribution is -2.49. The van der Waals surface area contributed by atoms with Crippen LogP contribution in [0.2, 0.25) is 0 Å². The van der Waals surface area contributed by atoms with E-state index in [2.05, 4.69) is 0 Å². The van der Waals surface area contributed by atoms with Gasteiger partial charge in [-0.25, -0.2) is 13.4 Å². The summed E-state index contributed by atoms with van der Waals surface area (Å²) in [5, 5.41) is 2.05. The van der Waals surface area contributed by atoms with Gasteiger partial charge in [-0.1, -0.05) is 24.6 Å². The summed E-state index contributed by atoms with van der Waals surface area (Å²) >= 11 is 0. The second kappa shape index (κ2) is 5.23. The minimum atomic E-state index is -3.38. The minimum absolute atomic E-state index is 0.184. The average molecular weight is 280 g/mol. The van der Waals surface area contributed by atoms with Gasteiger partial charge in [0.25, 0.3) is 10.0 Å². The molecule has 0 radical (unpaired) electrons. The SMILES string of the molecule is O=S(=O)(c1ccccc1)N(C1CC1)N1CCCCC1. The topological polar surface area (TPSA) is 40.6 Å². The second-order valence-electron chi connectivity index (χ2n) is 5.34. The maximum absolute atomic E-state index is 12.8. The maximum atomic E-state index is 12.8. The van der Waals surface area contributed by atoms with Gasteiger partial charge in [-0.2, -0.15) is 0 Å². The molecule has 2 aliphatic rings. The van der Waals surface area contributed by atoms with E-state index in [1.807, 2.05) is 11.1 Å². The third-order valence-electron chi connectivity index (χ3n) is 3.76. The molecule has 104 valence electrons. The Labute approximate surface area is 115 Å². The predicted octanol–water partition coefficient (Wildman–Crippen LogP) is 2.24. The van der Waals surface area contributed by atoms with E-state index in [9.17, 15) is 8.42 Å². The Balaban J connectivity index is 1.91. The van der Waals surface area contributed by atoms with Crippen LogP contribution in [0.5, 0.6) is 0 Å². The van der Waals surface area contributed by atoms with Gasteiger partial charge in [0.1, 0.15) is 0 Å².